The molecule has 0 saturated carbocycles. The summed E-state index contributed by atoms with van der Waals surface area (Å²) in [6.45, 7) is 7.64. The highest BCUT2D eigenvalue weighted by molar-refractivity contribution is 14.0. The zero-order valence-corrected chi connectivity index (χ0v) is 21.2. The van der Waals surface area contributed by atoms with Crippen LogP contribution < -0.4 is 10.6 Å². The summed E-state index contributed by atoms with van der Waals surface area (Å²) in [5.41, 5.74) is 2.49. The van der Waals surface area contributed by atoms with Crippen LogP contribution in [0.1, 0.15) is 30.9 Å². The Balaban J connectivity index is 0.00000392. The molecule has 0 aromatic heterocycles. The monoisotopic (exact) mass is 540 g/mol. The summed E-state index contributed by atoms with van der Waals surface area (Å²) in [7, 11) is -3.06. The number of benzene rings is 1. The molecule has 6 nitrogen and oxygen atoms in total. The average Bonchev–Trinajstić information content (AvgIpc) is 2.64. The normalized spacial score (nSPS) is 16.5. The van der Waals surface area contributed by atoms with Crippen molar-refractivity contribution in [2.75, 3.05) is 38.7 Å². The van der Waals surface area contributed by atoms with Gasteiger partial charge in [0.25, 0.3) is 0 Å². The molecule has 2 N–H and O–H groups in total. The molecule has 1 fully saturated rings. The summed E-state index contributed by atoms with van der Waals surface area (Å²) in [5, 5.41) is 6.73. The molecule has 1 aliphatic heterocycles. The smallest absolute Gasteiger partial charge is 0.211 e. The molecule has 160 valence electrons. The number of nitrogens with one attached hydrogen (secondary N) is 2. The van der Waals surface area contributed by atoms with Crippen molar-refractivity contribution < 1.29 is 8.42 Å². The molecule has 0 atom stereocenters. The molecule has 2 rings (SSSR count). The van der Waals surface area contributed by atoms with Crippen molar-refractivity contribution in [3.05, 3.63) is 29.3 Å². The van der Waals surface area contributed by atoms with Crippen LogP contribution in [0.3, 0.4) is 0 Å². The number of thioether (sulfide) groups is 1. The van der Waals surface area contributed by atoms with Gasteiger partial charge in [-0.2, -0.15) is 0 Å². The second-order valence-electron chi connectivity index (χ2n) is 7.00. The minimum atomic E-state index is -3.06. The molecule has 0 amide bonds. The van der Waals surface area contributed by atoms with Crippen LogP contribution in [0.4, 0.5) is 0 Å². The number of sulfonamides is 1. The van der Waals surface area contributed by atoms with Gasteiger partial charge in [0.2, 0.25) is 10.0 Å². The molecule has 28 heavy (non-hydrogen) atoms. The molecule has 1 aliphatic rings. The van der Waals surface area contributed by atoms with Crippen LogP contribution in [0.25, 0.3) is 0 Å². The lowest BCUT2D eigenvalue weighted by Gasteiger charge is -2.30. The van der Waals surface area contributed by atoms with Gasteiger partial charge in [0.15, 0.2) is 5.96 Å². The first-order chi connectivity index (χ1) is 12.8. The minimum absolute atomic E-state index is 0. The summed E-state index contributed by atoms with van der Waals surface area (Å²) in [6, 6.07) is 6.47. The van der Waals surface area contributed by atoms with E-state index in [0.717, 1.165) is 31.9 Å². The maximum Gasteiger partial charge on any atom is 0.211 e. The van der Waals surface area contributed by atoms with Crippen LogP contribution in [0.15, 0.2) is 28.1 Å². The van der Waals surface area contributed by atoms with E-state index in [4.69, 9.17) is 4.99 Å². The fraction of sp³-hybridized carbons (Fsp3) is 0.632. The summed E-state index contributed by atoms with van der Waals surface area (Å²) < 4.78 is 24.8. The maximum atomic E-state index is 11.6. The zero-order chi connectivity index (χ0) is 19.9. The number of nitrogens with zero attached hydrogens (tertiary/aromatic N) is 2. The first-order valence-corrected chi connectivity index (χ1v) is 12.5. The molecule has 9 heteroatoms. The Bertz CT molecular complexity index is 748. The number of rotatable bonds is 7. The molecule has 0 unspecified atom stereocenters. The molecule has 0 aliphatic carbocycles. The van der Waals surface area contributed by atoms with Gasteiger partial charge in [0.05, 0.1) is 12.8 Å². The van der Waals surface area contributed by atoms with E-state index in [1.165, 1.54) is 22.3 Å². The van der Waals surface area contributed by atoms with E-state index in [1.807, 2.05) is 0 Å². The largest absolute Gasteiger partial charge is 0.357 e. The highest BCUT2D eigenvalue weighted by Gasteiger charge is 2.24. The minimum Gasteiger partial charge on any atom is -0.357 e. The zero-order valence-electron chi connectivity index (χ0n) is 17.2. The number of halogens is 1. The van der Waals surface area contributed by atoms with Crippen molar-refractivity contribution in [3.63, 3.8) is 0 Å². The van der Waals surface area contributed by atoms with Crippen molar-refractivity contribution in [1.82, 2.24) is 14.9 Å². The molecular weight excluding hydrogens is 507 g/mol. The predicted molar refractivity (Wildman–Crippen MR) is 130 cm³/mol. The summed E-state index contributed by atoms with van der Waals surface area (Å²) in [4.78, 5) is 6.00. The van der Waals surface area contributed by atoms with Crippen LogP contribution in [0.2, 0.25) is 0 Å². The number of guanidine groups is 1. The Hall–Kier alpha value is -0.520. The van der Waals surface area contributed by atoms with Gasteiger partial charge >= 0.3 is 0 Å². The van der Waals surface area contributed by atoms with Crippen molar-refractivity contribution in [2.45, 2.75) is 38.1 Å². The van der Waals surface area contributed by atoms with Gasteiger partial charge < -0.3 is 10.6 Å². The molecule has 1 saturated heterocycles. The highest BCUT2D eigenvalue weighted by atomic mass is 127. The third kappa shape index (κ3) is 8.08. The van der Waals surface area contributed by atoms with Crippen LogP contribution in [0, 0.1) is 12.8 Å². The molecule has 0 spiro atoms. The topological polar surface area (TPSA) is 73.8 Å². The molecule has 1 aromatic rings. The number of hydrogen-bond acceptors (Lipinski definition) is 4. The average molecular weight is 541 g/mol. The Labute approximate surface area is 191 Å². The van der Waals surface area contributed by atoms with E-state index in [-0.39, 0.29) is 24.0 Å². The SMILES string of the molecule is CCNC(=NCc1ccc(C)cc1SC)NCC1CCN(S(C)(=O)=O)CC1.I. The number of aryl methyl sites for hydroxylation is 1. The summed E-state index contributed by atoms with van der Waals surface area (Å²) >= 11 is 1.75. The van der Waals surface area contributed by atoms with Crippen molar-refractivity contribution >= 4 is 51.7 Å². The van der Waals surface area contributed by atoms with E-state index in [9.17, 15) is 8.42 Å². The van der Waals surface area contributed by atoms with Crippen molar-refractivity contribution in [1.29, 1.82) is 0 Å². The second-order valence-corrected chi connectivity index (χ2v) is 9.83. The quantitative estimate of drug-likeness (QED) is 0.241. The van der Waals surface area contributed by atoms with Crippen LogP contribution >= 0.6 is 35.7 Å². The van der Waals surface area contributed by atoms with Gasteiger partial charge in [-0.15, -0.1) is 35.7 Å². The Morgan fingerprint density at radius 3 is 2.54 bits per heavy atom. The Kier molecular flexibility index (Phi) is 11.2. The highest BCUT2D eigenvalue weighted by Crippen LogP contribution is 2.22. The standard InChI is InChI=1S/C19H32N4O2S2.HI/c1-5-20-19(22-14-17-7-6-15(2)12-18(17)26-3)21-13-16-8-10-23(11-9-16)27(4,24)25;/h6-7,12,16H,5,8-11,13-14H2,1-4H3,(H2,20,21,22);1H. The maximum absolute atomic E-state index is 11.6. The van der Waals surface area contributed by atoms with E-state index < -0.39 is 10.0 Å². The van der Waals surface area contributed by atoms with Gasteiger partial charge in [-0.1, -0.05) is 12.1 Å². The van der Waals surface area contributed by atoms with Crippen molar-refractivity contribution in [3.8, 4) is 0 Å². The number of aliphatic imine (C=N–C) groups is 1. The predicted octanol–water partition coefficient (Wildman–Crippen LogP) is 3.06. The van der Waals surface area contributed by atoms with Gasteiger partial charge in [-0.05, 0) is 56.1 Å². The van der Waals surface area contributed by atoms with E-state index in [0.29, 0.717) is 25.6 Å². The second kappa shape index (κ2) is 12.2. The third-order valence-electron chi connectivity index (χ3n) is 4.80. The fourth-order valence-electron chi connectivity index (χ4n) is 3.17. The molecule has 1 aromatic carbocycles. The Morgan fingerprint density at radius 2 is 1.96 bits per heavy atom. The summed E-state index contributed by atoms with van der Waals surface area (Å²) in [6.07, 6.45) is 5.14. The van der Waals surface area contributed by atoms with Gasteiger partial charge in [0, 0.05) is 31.1 Å². The van der Waals surface area contributed by atoms with Gasteiger partial charge in [0.1, 0.15) is 0 Å². The van der Waals surface area contributed by atoms with E-state index in [2.05, 4.69) is 48.9 Å². The lowest BCUT2D eigenvalue weighted by molar-refractivity contribution is 0.275. The molecular formula is C19H33IN4O2S2. The van der Waals surface area contributed by atoms with E-state index in [1.54, 1.807) is 16.1 Å². The Morgan fingerprint density at radius 1 is 1.29 bits per heavy atom. The number of hydrogen-bond donors (Lipinski definition) is 2. The molecule has 0 bridgehead atoms. The van der Waals surface area contributed by atoms with Crippen molar-refractivity contribution in [2.24, 2.45) is 10.9 Å². The van der Waals surface area contributed by atoms with Gasteiger partial charge in [-0.3, -0.25) is 0 Å². The van der Waals surface area contributed by atoms with Gasteiger partial charge in [-0.25, -0.2) is 17.7 Å². The lowest BCUT2D eigenvalue weighted by atomic mass is 9.98. The van der Waals surface area contributed by atoms with Crippen LogP contribution in [-0.4, -0.2) is 57.4 Å². The van der Waals surface area contributed by atoms with Crippen LogP contribution in [0.5, 0.6) is 0 Å². The lowest BCUT2D eigenvalue weighted by Crippen LogP contribution is -2.44. The molecule has 0 radical (unpaired) electrons. The number of piperidine rings is 1. The van der Waals surface area contributed by atoms with Crippen LogP contribution in [-0.2, 0) is 16.6 Å². The van der Waals surface area contributed by atoms with E-state index >= 15 is 0 Å². The first-order valence-electron chi connectivity index (χ1n) is 9.44. The summed E-state index contributed by atoms with van der Waals surface area (Å²) in [5.74, 6) is 1.28. The first kappa shape index (κ1) is 25.5. The third-order valence-corrected chi connectivity index (χ3v) is 6.92. The molecule has 1 heterocycles. The fourth-order valence-corrected chi connectivity index (χ4v) is 4.75.